The number of hydrogen-bond acceptors (Lipinski definition) is 4. The highest BCUT2D eigenvalue weighted by atomic mass is 16.5. The van der Waals surface area contributed by atoms with Crippen molar-refractivity contribution in [1.29, 1.82) is 0 Å². The van der Waals surface area contributed by atoms with Crippen molar-refractivity contribution in [2.45, 2.75) is 31.8 Å². The van der Waals surface area contributed by atoms with E-state index in [0.29, 0.717) is 24.1 Å². The predicted molar refractivity (Wildman–Crippen MR) is 79.4 cm³/mol. The molecule has 5 heteroatoms. The molecular formula is C16H22N2O3. The molecule has 2 saturated heterocycles. The van der Waals surface area contributed by atoms with Crippen molar-refractivity contribution in [2.24, 2.45) is 0 Å². The molecular weight excluding hydrogens is 268 g/mol. The summed E-state index contributed by atoms with van der Waals surface area (Å²) in [5.74, 6) is 0.979. The van der Waals surface area contributed by atoms with E-state index in [4.69, 9.17) is 4.74 Å². The first-order valence-electron chi connectivity index (χ1n) is 7.50. The highest BCUT2D eigenvalue weighted by molar-refractivity contribution is 5.78. The summed E-state index contributed by atoms with van der Waals surface area (Å²) in [6.45, 7) is 4.81. The number of carbonyl (C=O) groups is 1. The van der Waals surface area contributed by atoms with Crippen LogP contribution >= 0.6 is 0 Å². The van der Waals surface area contributed by atoms with Crippen LogP contribution in [0, 0.1) is 0 Å². The number of nitrogens with zero attached hydrogens (tertiary/aromatic N) is 2. The van der Waals surface area contributed by atoms with Gasteiger partial charge in [-0.25, -0.2) is 0 Å². The Morgan fingerprint density at radius 1 is 1.38 bits per heavy atom. The summed E-state index contributed by atoms with van der Waals surface area (Å²) in [7, 11) is 1.56. The van der Waals surface area contributed by atoms with Crippen LogP contribution in [0.25, 0.3) is 0 Å². The minimum atomic E-state index is 0.166. The number of fused-ring (bicyclic) bond motifs is 1. The topological polar surface area (TPSA) is 53.0 Å². The number of ether oxygens (including phenoxy) is 1. The average Bonchev–Trinajstić information content (AvgIpc) is 2.88. The summed E-state index contributed by atoms with van der Waals surface area (Å²) in [5, 5.41) is 9.70. The van der Waals surface area contributed by atoms with Crippen molar-refractivity contribution in [3.63, 3.8) is 0 Å². The van der Waals surface area contributed by atoms with E-state index in [0.717, 1.165) is 31.6 Å². The van der Waals surface area contributed by atoms with E-state index < -0.39 is 0 Å². The molecule has 2 atom stereocenters. The van der Waals surface area contributed by atoms with Crippen LogP contribution in [0.1, 0.15) is 31.4 Å². The Morgan fingerprint density at radius 3 is 2.95 bits per heavy atom. The fraction of sp³-hybridized carbons (Fsp3) is 0.562. The lowest BCUT2D eigenvalue weighted by Gasteiger charge is -2.40. The zero-order valence-corrected chi connectivity index (χ0v) is 12.6. The molecule has 2 heterocycles. The summed E-state index contributed by atoms with van der Waals surface area (Å²) >= 11 is 0. The third-order valence-electron chi connectivity index (χ3n) is 4.76. The first-order chi connectivity index (χ1) is 10.1. The molecule has 0 spiro atoms. The molecule has 0 bridgehead atoms. The molecule has 2 unspecified atom stereocenters. The molecule has 0 aliphatic carbocycles. The Bertz CT molecular complexity index is 546. The van der Waals surface area contributed by atoms with Gasteiger partial charge in [-0.15, -0.1) is 0 Å². The molecule has 1 aromatic carbocycles. The van der Waals surface area contributed by atoms with Crippen LogP contribution < -0.4 is 4.74 Å². The molecule has 0 saturated carbocycles. The summed E-state index contributed by atoms with van der Waals surface area (Å²) < 4.78 is 5.19. The van der Waals surface area contributed by atoms with Crippen LogP contribution in [0.5, 0.6) is 11.5 Å². The smallest absolute Gasteiger partial charge is 0.222 e. The fourth-order valence-corrected chi connectivity index (χ4v) is 3.41. The third-order valence-corrected chi connectivity index (χ3v) is 4.76. The van der Waals surface area contributed by atoms with E-state index in [1.807, 2.05) is 17.0 Å². The van der Waals surface area contributed by atoms with Gasteiger partial charge in [-0.2, -0.15) is 0 Å². The van der Waals surface area contributed by atoms with Crippen molar-refractivity contribution in [2.75, 3.05) is 26.7 Å². The molecule has 21 heavy (non-hydrogen) atoms. The van der Waals surface area contributed by atoms with Crippen molar-refractivity contribution in [3.8, 4) is 11.5 Å². The fourth-order valence-electron chi connectivity index (χ4n) is 3.41. The van der Waals surface area contributed by atoms with Crippen molar-refractivity contribution in [3.05, 3.63) is 23.8 Å². The zero-order valence-electron chi connectivity index (χ0n) is 12.6. The van der Waals surface area contributed by atoms with Crippen molar-refractivity contribution >= 4 is 5.91 Å². The first-order valence-corrected chi connectivity index (χ1v) is 7.50. The minimum Gasteiger partial charge on any atom is -0.504 e. The van der Waals surface area contributed by atoms with Gasteiger partial charge in [0.05, 0.1) is 7.11 Å². The minimum absolute atomic E-state index is 0.166. The number of aromatic hydroxyl groups is 1. The van der Waals surface area contributed by atoms with Crippen LogP contribution in [-0.2, 0) is 4.79 Å². The maximum Gasteiger partial charge on any atom is 0.222 e. The lowest BCUT2D eigenvalue weighted by Crippen LogP contribution is -2.51. The van der Waals surface area contributed by atoms with Gasteiger partial charge >= 0.3 is 0 Å². The van der Waals surface area contributed by atoms with Crippen LogP contribution in [0.15, 0.2) is 18.2 Å². The normalized spacial score (nSPS) is 24.0. The number of methoxy groups -OCH3 is 1. The maximum absolute atomic E-state index is 11.7. The molecule has 1 N–H and O–H groups in total. The Labute approximate surface area is 125 Å². The van der Waals surface area contributed by atoms with E-state index in [1.54, 1.807) is 13.2 Å². The monoisotopic (exact) mass is 290 g/mol. The average molecular weight is 290 g/mol. The molecule has 0 aromatic heterocycles. The quantitative estimate of drug-likeness (QED) is 0.922. The van der Waals surface area contributed by atoms with Crippen LogP contribution in [0.2, 0.25) is 0 Å². The lowest BCUT2D eigenvalue weighted by molar-refractivity contribution is -0.131. The summed E-state index contributed by atoms with van der Waals surface area (Å²) in [6, 6.07) is 6.13. The Hall–Kier alpha value is -1.75. The number of hydrogen-bond donors (Lipinski definition) is 1. The van der Waals surface area contributed by atoms with E-state index >= 15 is 0 Å². The molecule has 2 aliphatic rings. The standard InChI is InChI=1S/C16H22N2O3/c1-11(12-3-5-14(19)15(9-12)21-2)17-7-8-18-13(10-17)4-6-16(18)20/h3,5,9,11,13,19H,4,6-8,10H2,1-2H3. The van der Waals surface area contributed by atoms with E-state index in [-0.39, 0.29) is 11.8 Å². The highest BCUT2D eigenvalue weighted by Crippen LogP contribution is 2.33. The van der Waals surface area contributed by atoms with Gasteiger partial charge in [-0.05, 0) is 31.0 Å². The highest BCUT2D eigenvalue weighted by Gasteiger charge is 2.36. The largest absolute Gasteiger partial charge is 0.504 e. The Balaban J connectivity index is 1.74. The Kier molecular flexibility index (Phi) is 3.76. The third kappa shape index (κ3) is 2.58. The molecule has 0 radical (unpaired) electrons. The molecule has 2 fully saturated rings. The van der Waals surface area contributed by atoms with Gasteiger partial charge in [-0.1, -0.05) is 6.07 Å². The van der Waals surface area contributed by atoms with Gasteiger partial charge in [0.15, 0.2) is 11.5 Å². The van der Waals surface area contributed by atoms with Gasteiger partial charge in [0, 0.05) is 38.1 Å². The molecule has 5 nitrogen and oxygen atoms in total. The predicted octanol–water partition coefficient (Wildman–Crippen LogP) is 1.77. The second-order valence-corrected chi connectivity index (χ2v) is 5.88. The summed E-state index contributed by atoms with van der Waals surface area (Å²) in [6.07, 6.45) is 1.67. The molecule has 114 valence electrons. The van der Waals surface area contributed by atoms with Gasteiger partial charge in [0.2, 0.25) is 5.91 Å². The number of amides is 1. The second-order valence-electron chi connectivity index (χ2n) is 5.88. The second kappa shape index (κ2) is 5.56. The van der Waals surface area contributed by atoms with E-state index in [9.17, 15) is 9.90 Å². The van der Waals surface area contributed by atoms with Gasteiger partial charge in [0.1, 0.15) is 0 Å². The Morgan fingerprint density at radius 2 is 2.19 bits per heavy atom. The number of phenols is 1. The molecule has 1 amide bonds. The van der Waals surface area contributed by atoms with E-state index in [2.05, 4.69) is 11.8 Å². The summed E-state index contributed by atoms with van der Waals surface area (Å²) in [4.78, 5) is 16.2. The van der Waals surface area contributed by atoms with Crippen LogP contribution in [-0.4, -0.2) is 53.6 Å². The number of benzene rings is 1. The van der Waals surface area contributed by atoms with Crippen molar-refractivity contribution in [1.82, 2.24) is 9.80 Å². The zero-order chi connectivity index (χ0) is 15.0. The van der Waals surface area contributed by atoms with Crippen LogP contribution in [0.4, 0.5) is 0 Å². The first kappa shape index (κ1) is 14.2. The molecule has 1 aromatic rings. The van der Waals surface area contributed by atoms with Crippen LogP contribution in [0.3, 0.4) is 0 Å². The van der Waals surface area contributed by atoms with E-state index in [1.165, 1.54) is 0 Å². The lowest BCUT2D eigenvalue weighted by atomic mass is 10.0. The number of rotatable bonds is 3. The van der Waals surface area contributed by atoms with Crippen molar-refractivity contribution < 1.29 is 14.6 Å². The number of piperazine rings is 1. The number of carbonyl (C=O) groups excluding carboxylic acids is 1. The SMILES string of the molecule is COc1cc(C(C)N2CCN3C(=O)CCC3C2)ccc1O. The summed E-state index contributed by atoms with van der Waals surface area (Å²) in [5.41, 5.74) is 1.13. The molecule has 3 rings (SSSR count). The molecule has 2 aliphatic heterocycles. The van der Waals surface area contributed by atoms with Gasteiger partial charge < -0.3 is 14.7 Å². The van der Waals surface area contributed by atoms with Gasteiger partial charge in [0.25, 0.3) is 0 Å². The van der Waals surface area contributed by atoms with Gasteiger partial charge in [-0.3, -0.25) is 9.69 Å². The number of phenolic OH excluding ortho intramolecular Hbond substituents is 1. The maximum atomic E-state index is 11.7.